The number of ether oxygens (including phenoxy) is 1. The van der Waals surface area contributed by atoms with Crippen molar-refractivity contribution in [3.05, 3.63) is 29.0 Å². The van der Waals surface area contributed by atoms with Gasteiger partial charge in [-0.3, -0.25) is 9.78 Å². The Morgan fingerprint density at radius 2 is 2.08 bits per heavy atom. The van der Waals surface area contributed by atoms with Crippen LogP contribution >= 0.6 is 0 Å². The fourth-order valence-corrected chi connectivity index (χ4v) is 2.86. The number of methoxy groups -OCH3 is 1. The van der Waals surface area contributed by atoms with Gasteiger partial charge in [-0.15, -0.1) is 0 Å². The molecule has 0 fully saturated rings. The number of aromatic amines is 1. The highest BCUT2D eigenvalue weighted by molar-refractivity contribution is 5.86. The molecule has 24 heavy (non-hydrogen) atoms. The van der Waals surface area contributed by atoms with Gasteiger partial charge in [0.05, 0.1) is 17.3 Å². The third-order valence-electron chi connectivity index (χ3n) is 4.23. The van der Waals surface area contributed by atoms with E-state index in [4.69, 9.17) is 4.74 Å². The summed E-state index contributed by atoms with van der Waals surface area (Å²) < 4.78 is 6.95. The van der Waals surface area contributed by atoms with E-state index in [9.17, 15) is 0 Å². The lowest BCUT2D eigenvalue weighted by Crippen LogP contribution is -2.23. The van der Waals surface area contributed by atoms with Crippen LogP contribution < -0.4 is 4.90 Å². The molecule has 0 spiro atoms. The molecule has 3 aromatic rings. The molecule has 0 aliphatic carbocycles. The molecule has 0 aromatic carbocycles. The molecular formula is C16H23N7O. The quantitative estimate of drug-likeness (QED) is 0.738. The molecule has 0 atom stereocenters. The fraction of sp³-hybridized carbons (Fsp3) is 0.500. The maximum Gasteiger partial charge on any atom is 0.163 e. The minimum Gasteiger partial charge on any atom is -0.377 e. The lowest BCUT2D eigenvalue weighted by Gasteiger charge is -2.19. The first kappa shape index (κ1) is 16.4. The van der Waals surface area contributed by atoms with Crippen molar-refractivity contribution in [1.82, 2.24) is 29.9 Å². The van der Waals surface area contributed by atoms with Crippen molar-refractivity contribution in [3.63, 3.8) is 0 Å². The second-order valence-electron chi connectivity index (χ2n) is 5.99. The zero-order valence-electron chi connectivity index (χ0n) is 14.8. The first-order chi connectivity index (χ1) is 11.5. The molecule has 3 heterocycles. The second kappa shape index (κ2) is 6.56. The highest BCUT2D eigenvalue weighted by atomic mass is 16.5. The summed E-state index contributed by atoms with van der Waals surface area (Å²) in [5, 5.41) is 12.5. The van der Waals surface area contributed by atoms with Crippen LogP contribution in [0.2, 0.25) is 0 Å². The van der Waals surface area contributed by atoms with Gasteiger partial charge in [0.15, 0.2) is 11.5 Å². The van der Waals surface area contributed by atoms with Gasteiger partial charge in [0, 0.05) is 33.4 Å². The Bertz CT molecular complexity index is 832. The number of aromatic nitrogens is 6. The first-order valence-corrected chi connectivity index (χ1v) is 7.90. The number of anilines is 1. The smallest absolute Gasteiger partial charge is 0.163 e. The maximum atomic E-state index is 5.19. The van der Waals surface area contributed by atoms with Crippen LogP contribution in [-0.4, -0.2) is 50.6 Å². The molecule has 0 aliphatic heterocycles. The lowest BCUT2D eigenvalue weighted by atomic mass is 10.1. The summed E-state index contributed by atoms with van der Waals surface area (Å²) in [6, 6.07) is 0. The van der Waals surface area contributed by atoms with Crippen molar-refractivity contribution >= 4 is 16.9 Å². The van der Waals surface area contributed by atoms with Crippen LogP contribution in [0, 0.1) is 13.8 Å². The van der Waals surface area contributed by atoms with E-state index in [1.54, 1.807) is 11.8 Å². The maximum absolute atomic E-state index is 5.19. The van der Waals surface area contributed by atoms with Gasteiger partial charge in [-0.25, -0.2) is 9.97 Å². The number of fused-ring (bicyclic) bond motifs is 1. The van der Waals surface area contributed by atoms with E-state index in [1.807, 2.05) is 27.2 Å². The van der Waals surface area contributed by atoms with E-state index in [0.717, 1.165) is 41.2 Å². The molecule has 8 nitrogen and oxygen atoms in total. The minimum absolute atomic E-state index is 0.377. The van der Waals surface area contributed by atoms with Crippen LogP contribution in [0.3, 0.4) is 0 Å². The van der Waals surface area contributed by atoms with Crippen LogP contribution in [-0.2, 0) is 24.8 Å². The van der Waals surface area contributed by atoms with Crippen molar-refractivity contribution in [1.29, 1.82) is 0 Å². The summed E-state index contributed by atoms with van der Waals surface area (Å²) in [5.41, 5.74) is 4.25. The standard InChI is InChI=1S/C16H23N7O/c1-10-12(11(2)21-20-10)6-7-22(3)15-13-8-17-23(4)16(13)19-14(18-15)9-24-5/h8H,6-7,9H2,1-5H3,(H,20,21). The highest BCUT2D eigenvalue weighted by Gasteiger charge is 2.16. The Hall–Kier alpha value is -2.48. The van der Waals surface area contributed by atoms with Crippen molar-refractivity contribution in [2.75, 3.05) is 25.6 Å². The molecule has 3 rings (SSSR count). The predicted octanol–water partition coefficient (Wildman–Crippen LogP) is 1.53. The number of hydrogen-bond donors (Lipinski definition) is 1. The van der Waals surface area contributed by atoms with Crippen molar-refractivity contribution in [2.45, 2.75) is 26.9 Å². The van der Waals surface area contributed by atoms with Gasteiger partial charge in [0.1, 0.15) is 12.4 Å². The van der Waals surface area contributed by atoms with Crippen molar-refractivity contribution in [2.24, 2.45) is 7.05 Å². The molecule has 0 saturated heterocycles. The predicted molar refractivity (Wildman–Crippen MR) is 92.1 cm³/mol. The van der Waals surface area contributed by atoms with Gasteiger partial charge < -0.3 is 9.64 Å². The van der Waals surface area contributed by atoms with Gasteiger partial charge in [0.2, 0.25) is 0 Å². The Labute approximate surface area is 140 Å². The van der Waals surface area contributed by atoms with E-state index in [-0.39, 0.29) is 0 Å². The van der Waals surface area contributed by atoms with E-state index >= 15 is 0 Å². The van der Waals surface area contributed by atoms with Crippen molar-refractivity contribution < 1.29 is 4.74 Å². The van der Waals surface area contributed by atoms with Crippen molar-refractivity contribution in [3.8, 4) is 0 Å². The van der Waals surface area contributed by atoms with Gasteiger partial charge in [-0.2, -0.15) is 10.2 Å². The summed E-state index contributed by atoms with van der Waals surface area (Å²) >= 11 is 0. The van der Waals surface area contributed by atoms with E-state index in [0.29, 0.717) is 12.4 Å². The first-order valence-electron chi connectivity index (χ1n) is 7.90. The molecule has 0 aliphatic rings. The summed E-state index contributed by atoms with van der Waals surface area (Å²) in [7, 11) is 5.56. The molecule has 0 saturated carbocycles. The minimum atomic E-state index is 0.377. The summed E-state index contributed by atoms with van der Waals surface area (Å²) in [6.07, 6.45) is 2.71. The van der Waals surface area contributed by atoms with E-state index in [2.05, 4.69) is 37.1 Å². The van der Waals surface area contributed by atoms with Gasteiger partial charge in [0.25, 0.3) is 0 Å². The monoisotopic (exact) mass is 329 g/mol. The number of likely N-dealkylation sites (N-methyl/N-ethyl adjacent to an activating group) is 1. The van der Waals surface area contributed by atoms with Crippen LogP contribution in [0.25, 0.3) is 11.0 Å². The van der Waals surface area contributed by atoms with Crippen LogP contribution in [0.5, 0.6) is 0 Å². The average Bonchev–Trinajstić information content (AvgIpc) is 3.08. The zero-order valence-corrected chi connectivity index (χ0v) is 14.8. The lowest BCUT2D eigenvalue weighted by molar-refractivity contribution is 0.178. The number of hydrogen-bond acceptors (Lipinski definition) is 6. The largest absolute Gasteiger partial charge is 0.377 e. The number of nitrogens with one attached hydrogen (secondary N) is 1. The molecule has 1 N–H and O–H groups in total. The molecular weight excluding hydrogens is 306 g/mol. The van der Waals surface area contributed by atoms with Crippen LogP contribution in [0.1, 0.15) is 22.8 Å². The van der Waals surface area contributed by atoms with E-state index < -0.39 is 0 Å². The molecule has 128 valence electrons. The highest BCUT2D eigenvalue weighted by Crippen LogP contribution is 2.23. The number of rotatable bonds is 6. The molecule has 0 unspecified atom stereocenters. The summed E-state index contributed by atoms with van der Waals surface area (Å²) in [4.78, 5) is 11.3. The fourth-order valence-electron chi connectivity index (χ4n) is 2.86. The van der Waals surface area contributed by atoms with E-state index in [1.165, 1.54) is 5.56 Å². The topological polar surface area (TPSA) is 84.8 Å². The third-order valence-corrected chi connectivity index (χ3v) is 4.23. The zero-order chi connectivity index (χ0) is 17.3. The molecule has 0 amide bonds. The van der Waals surface area contributed by atoms with Crippen LogP contribution in [0.4, 0.5) is 5.82 Å². The Morgan fingerprint density at radius 3 is 2.75 bits per heavy atom. The average molecular weight is 329 g/mol. The van der Waals surface area contributed by atoms with Gasteiger partial charge in [-0.1, -0.05) is 0 Å². The van der Waals surface area contributed by atoms with Gasteiger partial charge in [-0.05, 0) is 25.8 Å². The summed E-state index contributed by atoms with van der Waals surface area (Å²) in [5.74, 6) is 1.53. The molecule has 0 radical (unpaired) electrons. The second-order valence-corrected chi connectivity index (χ2v) is 5.99. The Kier molecular flexibility index (Phi) is 4.48. The Morgan fingerprint density at radius 1 is 1.29 bits per heavy atom. The number of H-pyrrole nitrogens is 1. The SMILES string of the molecule is COCc1nc(N(C)CCc2c(C)n[nH]c2C)c2cnn(C)c2n1. The van der Waals surface area contributed by atoms with Crippen LogP contribution in [0.15, 0.2) is 6.20 Å². The van der Waals surface area contributed by atoms with Gasteiger partial charge >= 0.3 is 0 Å². The number of aryl methyl sites for hydroxylation is 3. The third kappa shape index (κ3) is 2.96. The molecule has 8 heteroatoms. The summed E-state index contributed by atoms with van der Waals surface area (Å²) in [6.45, 7) is 5.28. The molecule has 3 aromatic heterocycles. The number of nitrogens with zero attached hydrogens (tertiary/aromatic N) is 6. The Balaban J connectivity index is 1.89. The normalized spacial score (nSPS) is 11.4. The molecule has 0 bridgehead atoms.